The van der Waals surface area contributed by atoms with E-state index in [0.717, 1.165) is 0 Å². The van der Waals surface area contributed by atoms with E-state index in [9.17, 15) is 4.57 Å². The van der Waals surface area contributed by atoms with E-state index < -0.39 is 7.60 Å². The Labute approximate surface area is 46.5 Å². The van der Waals surface area contributed by atoms with Gasteiger partial charge in [-0.05, 0) is 0 Å². The minimum atomic E-state index is -3.90. The summed E-state index contributed by atoms with van der Waals surface area (Å²) in [7, 11) is -3.90. The number of hydrogen-bond acceptors (Lipinski definition) is 3. The summed E-state index contributed by atoms with van der Waals surface area (Å²) in [6, 6.07) is 0. The predicted octanol–water partition coefficient (Wildman–Crippen LogP) is -0.857. The van der Waals surface area contributed by atoms with Crippen LogP contribution in [0.15, 0.2) is 0 Å². The maximum Gasteiger partial charge on any atom is 0.326 e. The molecule has 8 heavy (non-hydrogen) atoms. The standard InChI is InChI=1S/C2H8NO4P/c4-3-1-2-8(5,6)7/h3-4H,1-2H2,(H2,5,6,7). The van der Waals surface area contributed by atoms with Crippen LogP contribution >= 0.6 is 7.60 Å². The zero-order chi connectivity index (χ0) is 6.62. The molecule has 0 aromatic heterocycles. The summed E-state index contributed by atoms with van der Waals surface area (Å²) in [6.45, 7) is -0.0791. The van der Waals surface area contributed by atoms with Gasteiger partial charge in [0.25, 0.3) is 0 Å². The largest absolute Gasteiger partial charge is 0.326 e. The first-order valence-electron chi connectivity index (χ1n) is 1.98. The first-order valence-corrected chi connectivity index (χ1v) is 3.77. The van der Waals surface area contributed by atoms with Crippen LogP contribution in [0.5, 0.6) is 0 Å². The van der Waals surface area contributed by atoms with Gasteiger partial charge in [-0.3, -0.25) is 4.57 Å². The van der Waals surface area contributed by atoms with Gasteiger partial charge in [-0.1, -0.05) is 0 Å². The number of hydroxylamine groups is 1. The van der Waals surface area contributed by atoms with Gasteiger partial charge in [0, 0.05) is 6.54 Å². The van der Waals surface area contributed by atoms with Crippen LogP contribution < -0.4 is 5.48 Å². The molecule has 0 rings (SSSR count). The van der Waals surface area contributed by atoms with E-state index in [1.54, 1.807) is 5.48 Å². The third kappa shape index (κ3) is 6.07. The van der Waals surface area contributed by atoms with Crippen LogP contribution in [0.4, 0.5) is 0 Å². The van der Waals surface area contributed by atoms with Gasteiger partial charge in [-0.2, -0.15) is 0 Å². The van der Waals surface area contributed by atoms with E-state index in [1.165, 1.54) is 0 Å². The topological polar surface area (TPSA) is 89.8 Å². The Hall–Kier alpha value is 0.0700. The minimum absolute atomic E-state index is 0.0791. The monoisotopic (exact) mass is 141 g/mol. The fourth-order valence-electron chi connectivity index (χ4n) is 0.196. The summed E-state index contributed by atoms with van der Waals surface area (Å²) >= 11 is 0. The Morgan fingerprint density at radius 2 is 2.00 bits per heavy atom. The Morgan fingerprint density at radius 3 is 2.12 bits per heavy atom. The molecule has 0 aromatic rings. The molecule has 0 heterocycles. The Kier molecular flexibility index (Phi) is 3.19. The number of rotatable bonds is 3. The van der Waals surface area contributed by atoms with Crippen molar-refractivity contribution in [1.29, 1.82) is 0 Å². The molecule has 0 aliphatic carbocycles. The summed E-state index contributed by atoms with van der Waals surface area (Å²) in [5, 5.41) is 7.84. The van der Waals surface area contributed by atoms with Crippen molar-refractivity contribution >= 4 is 7.60 Å². The lowest BCUT2D eigenvalue weighted by atomic mass is 10.8. The maximum atomic E-state index is 9.93. The van der Waals surface area contributed by atoms with Gasteiger partial charge in [0.05, 0.1) is 6.16 Å². The van der Waals surface area contributed by atoms with Crippen molar-refractivity contribution in [2.24, 2.45) is 0 Å². The molecular weight excluding hydrogens is 133 g/mol. The van der Waals surface area contributed by atoms with E-state index in [0.29, 0.717) is 0 Å². The van der Waals surface area contributed by atoms with Crippen LogP contribution in [-0.2, 0) is 4.57 Å². The Bertz CT molecular complexity index is 98.2. The van der Waals surface area contributed by atoms with Crippen LogP contribution in [0.1, 0.15) is 0 Å². The molecule has 0 saturated heterocycles. The highest BCUT2D eigenvalue weighted by Crippen LogP contribution is 2.32. The third-order valence-corrected chi connectivity index (χ3v) is 1.32. The van der Waals surface area contributed by atoms with Gasteiger partial charge >= 0.3 is 7.60 Å². The Morgan fingerprint density at radius 1 is 1.50 bits per heavy atom. The molecule has 0 aromatic carbocycles. The maximum absolute atomic E-state index is 9.93. The van der Waals surface area contributed by atoms with Crippen LogP contribution in [0, 0.1) is 0 Å². The fraction of sp³-hybridized carbons (Fsp3) is 1.00. The highest BCUT2D eigenvalue weighted by Gasteiger charge is 2.10. The van der Waals surface area contributed by atoms with E-state index in [-0.39, 0.29) is 12.7 Å². The molecule has 0 bridgehead atoms. The van der Waals surface area contributed by atoms with E-state index in [4.69, 9.17) is 15.0 Å². The van der Waals surface area contributed by atoms with Gasteiger partial charge in [-0.25, -0.2) is 5.48 Å². The molecule has 0 amide bonds. The smallest absolute Gasteiger partial charge is 0.324 e. The normalized spacial score (nSPS) is 11.9. The SMILES string of the molecule is O=P(O)(O)CCNO. The molecule has 0 aliphatic rings. The summed E-state index contributed by atoms with van der Waals surface area (Å²) in [5.41, 5.74) is 1.63. The lowest BCUT2D eigenvalue weighted by molar-refractivity contribution is 0.171. The molecule has 50 valence electrons. The van der Waals surface area contributed by atoms with Crippen LogP contribution in [0.2, 0.25) is 0 Å². The third-order valence-electron chi connectivity index (χ3n) is 0.515. The van der Waals surface area contributed by atoms with E-state index in [1.807, 2.05) is 0 Å². The summed E-state index contributed by atoms with van der Waals surface area (Å²) < 4.78 is 9.93. The molecule has 0 fully saturated rings. The lowest BCUT2D eigenvalue weighted by Gasteiger charge is -1.99. The molecule has 5 nitrogen and oxygen atoms in total. The van der Waals surface area contributed by atoms with Crippen molar-refractivity contribution in [2.75, 3.05) is 12.7 Å². The summed E-state index contributed by atoms with van der Waals surface area (Å²) in [4.78, 5) is 16.2. The van der Waals surface area contributed by atoms with E-state index >= 15 is 0 Å². The van der Waals surface area contributed by atoms with Gasteiger partial charge in [-0.15, -0.1) is 0 Å². The van der Waals surface area contributed by atoms with Gasteiger partial charge in [0.2, 0.25) is 0 Å². The van der Waals surface area contributed by atoms with Gasteiger partial charge < -0.3 is 15.0 Å². The lowest BCUT2D eigenvalue weighted by Crippen LogP contribution is -2.12. The molecule has 0 saturated carbocycles. The zero-order valence-corrected chi connectivity index (χ0v) is 5.01. The van der Waals surface area contributed by atoms with Crippen LogP contribution in [-0.4, -0.2) is 27.7 Å². The van der Waals surface area contributed by atoms with Crippen molar-refractivity contribution in [3.8, 4) is 0 Å². The van der Waals surface area contributed by atoms with Gasteiger partial charge in [0.1, 0.15) is 0 Å². The molecule has 0 aliphatic heterocycles. The fourth-order valence-corrected chi connectivity index (χ4v) is 0.587. The zero-order valence-electron chi connectivity index (χ0n) is 4.11. The van der Waals surface area contributed by atoms with Crippen molar-refractivity contribution in [1.82, 2.24) is 5.48 Å². The molecule has 6 heteroatoms. The molecule has 0 atom stereocenters. The quantitative estimate of drug-likeness (QED) is 0.303. The van der Waals surface area contributed by atoms with Crippen molar-refractivity contribution in [3.63, 3.8) is 0 Å². The number of hydrogen-bond donors (Lipinski definition) is 4. The van der Waals surface area contributed by atoms with Crippen molar-refractivity contribution in [3.05, 3.63) is 0 Å². The van der Waals surface area contributed by atoms with Gasteiger partial charge in [0.15, 0.2) is 0 Å². The highest BCUT2D eigenvalue weighted by molar-refractivity contribution is 7.51. The first-order chi connectivity index (χ1) is 3.56. The molecule has 0 spiro atoms. The second-order valence-corrected chi connectivity index (χ2v) is 3.07. The second-order valence-electron chi connectivity index (χ2n) is 1.30. The molecule has 0 unspecified atom stereocenters. The first kappa shape index (κ1) is 8.07. The molecule has 4 N–H and O–H groups in total. The Balaban J connectivity index is 3.26. The summed E-state index contributed by atoms with van der Waals surface area (Å²) in [5.74, 6) is 0. The van der Waals surface area contributed by atoms with E-state index in [2.05, 4.69) is 0 Å². The van der Waals surface area contributed by atoms with Crippen molar-refractivity contribution < 1.29 is 19.6 Å². The molecular formula is C2H8NO4P. The summed E-state index contributed by atoms with van der Waals surface area (Å²) in [6.07, 6.45) is -0.330. The number of nitrogens with one attached hydrogen (secondary N) is 1. The average molecular weight is 141 g/mol. The van der Waals surface area contributed by atoms with Crippen LogP contribution in [0.25, 0.3) is 0 Å². The van der Waals surface area contributed by atoms with Crippen molar-refractivity contribution in [2.45, 2.75) is 0 Å². The van der Waals surface area contributed by atoms with Crippen LogP contribution in [0.3, 0.4) is 0 Å². The second kappa shape index (κ2) is 3.17. The minimum Gasteiger partial charge on any atom is -0.324 e. The molecule has 0 radical (unpaired) electrons. The predicted molar refractivity (Wildman–Crippen MR) is 26.7 cm³/mol. The average Bonchev–Trinajstić information content (AvgIpc) is 1.59. The highest BCUT2D eigenvalue weighted by atomic mass is 31.2.